The van der Waals surface area contributed by atoms with Gasteiger partial charge in [0.2, 0.25) is 5.91 Å². The van der Waals surface area contributed by atoms with E-state index in [4.69, 9.17) is 5.73 Å². The van der Waals surface area contributed by atoms with Crippen LogP contribution in [0.3, 0.4) is 0 Å². The SMILES string of the molecule is CCC(C)CNC(=O)[C@@H](N)CC. The molecule has 3 N–H and O–H groups in total. The molecule has 0 aliphatic heterocycles. The maximum absolute atomic E-state index is 11.2. The van der Waals surface area contributed by atoms with Crippen molar-refractivity contribution in [2.24, 2.45) is 11.7 Å². The summed E-state index contributed by atoms with van der Waals surface area (Å²) in [6.07, 6.45) is 1.79. The van der Waals surface area contributed by atoms with Crippen molar-refractivity contribution in [1.82, 2.24) is 5.32 Å². The number of nitrogens with two attached hydrogens (primary N) is 1. The Morgan fingerprint density at radius 3 is 2.42 bits per heavy atom. The summed E-state index contributed by atoms with van der Waals surface area (Å²) in [5, 5.41) is 2.82. The quantitative estimate of drug-likeness (QED) is 0.647. The fourth-order valence-corrected chi connectivity index (χ4v) is 0.736. The molecule has 0 aromatic carbocycles. The average molecular weight is 172 g/mol. The summed E-state index contributed by atoms with van der Waals surface area (Å²) >= 11 is 0. The lowest BCUT2D eigenvalue weighted by Crippen LogP contribution is -2.41. The van der Waals surface area contributed by atoms with Crippen molar-refractivity contribution in [1.29, 1.82) is 0 Å². The van der Waals surface area contributed by atoms with E-state index in [0.29, 0.717) is 12.3 Å². The van der Waals surface area contributed by atoms with Crippen molar-refractivity contribution < 1.29 is 4.79 Å². The van der Waals surface area contributed by atoms with Crippen LogP contribution in [0.25, 0.3) is 0 Å². The van der Waals surface area contributed by atoms with Crippen LogP contribution in [0.2, 0.25) is 0 Å². The maximum atomic E-state index is 11.2. The summed E-state index contributed by atoms with van der Waals surface area (Å²) in [5.74, 6) is 0.510. The lowest BCUT2D eigenvalue weighted by molar-refractivity contribution is -0.122. The van der Waals surface area contributed by atoms with E-state index in [-0.39, 0.29) is 11.9 Å². The van der Waals surface area contributed by atoms with Gasteiger partial charge in [-0.2, -0.15) is 0 Å². The van der Waals surface area contributed by atoms with Crippen LogP contribution in [0.4, 0.5) is 0 Å². The smallest absolute Gasteiger partial charge is 0.236 e. The number of amides is 1. The molecule has 1 amide bonds. The van der Waals surface area contributed by atoms with E-state index in [1.165, 1.54) is 0 Å². The Bertz CT molecular complexity index is 136. The zero-order valence-electron chi connectivity index (χ0n) is 8.26. The van der Waals surface area contributed by atoms with Gasteiger partial charge in [-0.25, -0.2) is 0 Å². The molecule has 72 valence electrons. The van der Waals surface area contributed by atoms with Gasteiger partial charge in [-0.3, -0.25) is 4.79 Å². The van der Waals surface area contributed by atoms with Gasteiger partial charge in [-0.05, 0) is 12.3 Å². The molecule has 0 fully saturated rings. The van der Waals surface area contributed by atoms with Gasteiger partial charge in [0.15, 0.2) is 0 Å². The van der Waals surface area contributed by atoms with E-state index in [2.05, 4.69) is 19.2 Å². The Balaban J connectivity index is 3.56. The number of hydrogen-bond donors (Lipinski definition) is 2. The number of rotatable bonds is 5. The van der Waals surface area contributed by atoms with E-state index in [9.17, 15) is 4.79 Å². The fourth-order valence-electron chi connectivity index (χ4n) is 0.736. The second-order valence-electron chi connectivity index (χ2n) is 3.27. The van der Waals surface area contributed by atoms with Crippen LogP contribution in [0.15, 0.2) is 0 Å². The first-order valence-corrected chi connectivity index (χ1v) is 4.65. The van der Waals surface area contributed by atoms with Crippen molar-refractivity contribution in [2.45, 2.75) is 39.7 Å². The van der Waals surface area contributed by atoms with Crippen LogP contribution in [-0.2, 0) is 4.79 Å². The largest absolute Gasteiger partial charge is 0.354 e. The van der Waals surface area contributed by atoms with Crippen molar-refractivity contribution in [2.75, 3.05) is 6.54 Å². The molecule has 3 heteroatoms. The monoisotopic (exact) mass is 172 g/mol. The van der Waals surface area contributed by atoms with Crippen molar-refractivity contribution >= 4 is 5.91 Å². The van der Waals surface area contributed by atoms with E-state index in [1.54, 1.807) is 0 Å². The van der Waals surface area contributed by atoms with Gasteiger partial charge >= 0.3 is 0 Å². The maximum Gasteiger partial charge on any atom is 0.236 e. The molecule has 0 rings (SSSR count). The molecule has 0 spiro atoms. The summed E-state index contributed by atoms with van der Waals surface area (Å²) in [7, 11) is 0. The van der Waals surface area contributed by atoms with Gasteiger partial charge < -0.3 is 11.1 Å². The Labute approximate surface area is 74.7 Å². The molecule has 0 saturated carbocycles. The minimum atomic E-state index is -0.339. The van der Waals surface area contributed by atoms with Gasteiger partial charge in [0, 0.05) is 6.54 Å². The third-order valence-electron chi connectivity index (χ3n) is 2.10. The predicted molar refractivity (Wildman–Crippen MR) is 50.7 cm³/mol. The standard InChI is InChI=1S/C9H20N2O/c1-4-7(3)6-11-9(12)8(10)5-2/h7-8H,4-6,10H2,1-3H3,(H,11,12)/t7?,8-/m0/s1. The minimum absolute atomic E-state index is 0.0298. The normalized spacial score (nSPS) is 15.3. The zero-order chi connectivity index (χ0) is 9.56. The Morgan fingerprint density at radius 1 is 1.42 bits per heavy atom. The van der Waals surface area contributed by atoms with Crippen molar-refractivity contribution in [3.8, 4) is 0 Å². The molecule has 0 bridgehead atoms. The Morgan fingerprint density at radius 2 is 2.00 bits per heavy atom. The highest BCUT2D eigenvalue weighted by molar-refractivity contribution is 5.81. The third-order valence-corrected chi connectivity index (χ3v) is 2.10. The second-order valence-corrected chi connectivity index (χ2v) is 3.27. The van der Waals surface area contributed by atoms with E-state index in [1.807, 2.05) is 6.92 Å². The van der Waals surface area contributed by atoms with Crippen LogP contribution in [-0.4, -0.2) is 18.5 Å². The topological polar surface area (TPSA) is 55.1 Å². The lowest BCUT2D eigenvalue weighted by Gasteiger charge is -2.12. The molecular formula is C9H20N2O. The van der Waals surface area contributed by atoms with Gasteiger partial charge in [0.1, 0.15) is 0 Å². The molecule has 0 saturated heterocycles. The summed E-state index contributed by atoms with van der Waals surface area (Å²) in [6, 6.07) is -0.339. The number of carbonyl (C=O) groups excluding carboxylic acids is 1. The zero-order valence-corrected chi connectivity index (χ0v) is 8.26. The molecule has 0 radical (unpaired) electrons. The van der Waals surface area contributed by atoms with E-state index < -0.39 is 0 Å². The van der Waals surface area contributed by atoms with Crippen LogP contribution < -0.4 is 11.1 Å². The van der Waals surface area contributed by atoms with Crippen LogP contribution >= 0.6 is 0 Å². The second kappa shape index (κ2) is 6.00. The fraction of sp³-hybridized carbons (Fsp3) is 0.889. The van der Waals surface area contributed by atoms with Gasteiger partial charge in [-0.1, -0.05) is 27.2 Å². The van der Waals surface area contributed by atoms with Crippen molar-refractivity contribution in [3.63, 3.8) is 0 Å². The predicted octanol–water partition coefficient (Wildman–Crippen LogP) is 0.886. The average Bonchev–Trinajstić information content (AvgIpc) is 2.11. The highest BCUT2D eigenvalue weighted by atomic mass is 16.2. The first kappa shape index (κ1) is 11.4. The molecule has 0 aromatic rings. The molecule has 1 unspecified atom stereocenters. The molecule has 0 heterocycles. The molecular weight excluding hydrogens is 152 g/mol. The first-order chi connectivity index (χ1) is 5.61. The molecule has 0 aromatic heterocycles. The summed E-state index contributed by atoms with van der Waals surface area (Å²) < 4.78 is 0. The van der Waals surface area contributed by atoms with Crippen molar-refractivity contribution in [3.05, 3.63) is 0 Å². The van der Waals surface area contributed by atoms with Gasteiger partial charge in [0.25, 0.3) is 0 Å². The molecule has 0 aliphatic carbocycles. The van der Waals surface area contributed by atoms with Gasteiger partial charge in [-0.15, -0.1) is 0 Å². The van der Waals surface area contributed by atoms with Crippen LogP contribution in [0, 0.1) is 5.92 Å². The highest BCUT2D eigenvalue weighted by Crippen LogP contribution is 1.97. The van der Waals surface area contributed by atoms with Crippen LogP contribution in [0.1, 0.15) is 33.6 Å². The molecule has 0 aliphatic rings. The van der Waals surface area contributed by atoms with E-state index in [0.717, 1.165) is 13.0 Å². The minimum Gasteiger partial charge on any atom is -0.354 e. The molecule has 12 heavy (non-hydrogen) atoms. The lowest BCUT2D eigenvalue weighted by atomic mass is 10.1. The van der Waals surface area contributed by atoms with Crippen LogP contribution in [0.5, 0.6) is 0 Å². The Hall–Kier alpha value is -0.570. The summed E-state index contributed by atoms with van der Waals surface area (Å²) in [4.78, 5) is 11.2. The summed E-state index contributed by atoms with van der Waals surface area (Å²) in [6.45, 7) is 6.87. The molecule has 3 nitrogen and oxygen atoms in total. The van der Waals surface area contributed by atoms with Gasteiger partial charge in [0.05, 0.1) is 6.04 Å². The third kappa shape index (κ3) is 4.34. The Kier molecular flexibility index (Phi) is 5.72. The first-order valence-electron chi connectivity index (χ1n) is 4.65. The number of nitrogens with one attached hydrogen (secondary N) is 1. The summed E-state index contributed by atoms with van der Waals surface area (Å²) in [5.41, 5.74) is 5.53. The van der Waals surface area contributed by atoms with E-state index >= 15 is 0 Å². The number of carbonyl (C=O) groups is 1. The highest BCUT2D eigenvalue weighted by Gasteiger charge is 2.10. The molecule has 2 atom stereocenters. The number of hydrogen-bond acceptors (Lipinski definition) is 2.